The minimum absolute atomic E-state index is 0.0482. The smallest absolute Gasteiger partial charge is 0.303 e. The van der Waals surface area contributed by atoms with E-state index in [1.165, 1.54) is 0 Å². The Hall–Kier alpha value is -2.90. The average molecular weight is 535 g/mol. The molecule has 1 heterocycles. The molecule has 1 N–H and O–H groups in total. The number of hydrogen-bond acceptors (Lipinski definition) is 5. The molecular weight excluding hydrogens is 503 g/mol. The van der Waals surface area contributed by atoms with E-state index in [-0.39, 0.29) is 12.5 Å². The third kappa shape index (κ3) is 8.64. The Labute approximate surface area is 221 Å². The van der Waals surface area contributed by atoms with Crippen molar-refractivity contribution < 1.29 is 24.1 Å². The number of aromatic nitrogens is 2. The molecule has 0 bridgehead atoms. The van der Waals surface area contributed by atoms with Crippen molar-refractivity contribution in [3.8, 4) is 17.4 Å². The van der Waals surface area contributed by atoms with Gasteiger partial charge in [0, 0.05) is 23.3 Å². The number of halogens is 2. The number of carbonyl (C=O) groups is 1. The molecule has 3 aromatic rings. The molecule has 1 aromatic heterocycles. The van der Waals surface area contributed by atoms with Crippen molar-refractivity contribution >= 4 is 29.2 Å². The Bertz CT molecular complexity index is 1160. The number of rotatable bonds is 14. The lowest BCUT2D eigenvalue weighted by Gasteiger charge is -2.15. The summed E-state index contributed by atoms with van der Waals surface area (Å²) in [6, 6.07) is 13.1. The SMILES string of the molecule is CCn1nc(OCCCc2cc(COc3ccc(Cl)cc3Cl)cc(OC(C)C)c2)cc1CCC(=O)O. The number of hydrogen-bond donors (Lipinski definition) is 1. The third-order valence-corrected chi connectivity index (χ3v) is 5.81. The van der Waals surface area contributed by atoms with Gasteiger partial charge in [-0.1, -0.05) is 29.3 Å². The van der Waals surface area contributed by atoms with E-state index in [0.717, 1.165) is 35.4 Å². The zero-order valence-electron chi connectivity index (χ0n) is 20.8. The molecule has 3 rings (SSSR count). The maximum atomic E-state index is 10.9. The van der Waals surface area contributed by atoms with Crippen LogP contribution in [0, 0.1) is 0 Å². The summed E-state index contributed by atoms with van der Waals surface area (Å²) in [4.78, 5) is 10.9. The first kappa shape index (κ1) is 27.7. The summed E-state index contributed by atoms with van der Waals surface area (Å²) in [5, 5.41) is 14.4. The Morgan fingerprint density at radius 3 is 2.53 bits per heavy atom. The summed E-state index contributed by atoms with van der Waals surface area (Å²) < 4.78 is 19.5. The first-order valence-corrected chi connectivity index (χ1v) is 12.8. The molecular formula is C27H32Cl2N2O5. The molecule has 0 saturated carbocycles. The summed E-state index contributed by atoms with van der Waals surface area (Å²) in [6.45, 7) is 7.44. The van der Waals surface area contributed by atoms with Crippen molar-refractivity contribution in [1.82, 2.24) is 9.78 Å². The maximum absolute atomic E-state index is 10.9. The lowest BCUT2D eigenvalue weighted by atomic mass is 10.1. The Kier molecular flexibility index (Phi) is 10.3. The van der Waals surface area contributed by atoms with Crippen molar-refractivity contribution in [2.45, 2.75) is 65.7 Å². The maximum Gasteiger partial charge on any atom is 0.303 e. The van der Waals surface area contributed by atoms with E-state index >= 15 is 0 Å². The van der Waals surface area contributed by atoms with E-state index < -0.39 is 5.97 Å². The summed E-state index contributed by atoms with van der Waals surface area (Å²) in [5.74, 6) is 1.04. The van der Waals surface area contributed by atoms with Gasteiger partial charge in [-0.05, 0) is 81.5 Å². The summed E-state index contributed by atoms with van der Waals surface area (Å²) in [6.07, 6.45) is 2.10. The van der Waals surface area contributed by atoms with Gasteiger partial charge in [-0.25, -0.2) is 0 Å². The number of nitrogens with zero attached hydrogens (tertiary/aromatic N) is 2. The number of carboxylic acid groups (broad SMARTS) is 1. The molecule has 0 radical (unpaired) electrons. The highest BCUT2D eigenvalue weighted by molar-refractivity contribution is 6.35. The molecule has 0 amide bonds. The minimum atomic E-state index is -0.828. The standard InChI is InChI=1S/C27H32Cl2N2O5/c1-4-31-22(8-10-27(32)33)16-26(30-31)34-11-5-6-19-12-20(14-23(13-19)36-18(2)3)17-35-25-9-7-21(28)15-24(25)29/h7,9,12-16,18H,4-6,8,10-11,17H2,1-3H3,(H,32,33). The Morgan fingerprint density at radius 2 is 1.83 bits per heavy atom. The number of aryl methyl sites for hydroxylation is 3. The first-order valence-electron chi connectivity index (χ1n) is 12.0. The largest absolute Gasteiger partial charge is 0.491 e. The molecule has 9 heteroatoms. The predicted molar refractivity (Wildman–Crippen MR) is 141 cm³/mol. The highest BCUT2D eigenvalue weighted by atomic mass is 35.5. The van der Waals surface area contributed by atoms with Gasteiger partial charge in [0.25, 0.3) is 0 Å². The molecule has 0 atom stereocenters. The van der Waals surface area contributed by atoms with Gasteiger partial charge in [0.15, 0.2) is 0 Å². The van der Waals surface area contributed by atoms with Crippen LogP contribution in [0.1, 0.15) is 50.4 Å². The highest BCUT2D eigenvalue weighted by Crippen LogP contribution is 2.29. The molecule has 36 heavy (non-hydrogen) atoms. The van der Waals surface area contributed by atoms with Crippen LogP contribution in [0.25, 0.3) is 0 Å². The minimum Gasteiger partial charge on any atom is -0.491 e. The van der Waals surface area contributed by atoms with E-state index in [4.69, 9.17) is 42.5 Å². The van der Waals surface area contributed by atoms with Crippen molar-refractivity contribution in [2.24, 2.45) is 0 Å². The van der Waals surface area contributed by atoms with Crippen molar-refractivity contribution in [1.29, 1.82) is 0 Å². The molecule has 0 aliphatic carbocycles. The molecule has 7 nitrogen and oxygen atoms in total. The lowest BCUT2D eigenvalue weighted by Crippen LogP contribution is -2.07. The van der Waals surface area contributed by atoms with Gasteiger partial charge in [0.1, 0.15) is 18.1 Å². The number of carboxylic acids is 1. The van der Waals surface area contributed by atoms with E-state index in [0.29, 0.717) is 47.9 Å². The molecule has 194 valence electrons. The van der Waals surface area contributed by atoms with Gasteiger partial charge in [-0.15, -0.1) is 5.10 Å². The van der Waals surface area contributed by atoms with E-state index in [2.05, 4.69) is 11.2 Å². The highest BCUT2D eigenvalue weighted by Gasteiger charge is 2.11. The van der Waals surface area contributed by atoms with Crippen LogP contribution >= 0.6 is 23.2 Å². The van der Waals surface area contributed by atoms with Crippen LogP contribution in [0.4, 0.5) is 0 Å². The second-order valence-electron chi connectivity index (χ2n) is 8.65. The van der Waals surface area contributed by atoms with Crippen LogP contribution < -0.4 is 14.2 Å². The van der Waals surface area contributed by atoms with E-state index in [1.807, 2.05) is 39.0 Å². The van der Waals surface area contributed by atoms with Gasteiger partial charge >= 0.3 is 5.97 Å². The fraction of sp³-hybridized carbons (Fsp3) is 0.407. The van der Waals surface area contributed by atoms with Crippen LogP contribution in [0.3, 0.4) is 0 Å². The predicted octanol–water partition coefficient (Wildman–Crippen LogP) is 6.60. The third-order valence-electron chi connectivity index (χ3n) is 5.28. The molecule has 0 aliphatic heterocycles. The Balaban J connectivity index is 1.60. The number of aliphatic carboxylic acids is 1. The lowest BCUT2D eigenvalue weighted by molar-refractivity contribution is -0.137. The zero-order valence-corrected chi connectivity index (χ0v) is 22.3. The molecule has 2 aromatic carbocycles. The second kappa shape index (κ2) is 13.4. The van der Waals surface area contributed by atoms with Crippen LogP contribution in [-0.2, 0) is 30.8 Å². The number of ether oxygens (including phenoxy) is 3. The normalized spacial score (nSPS) is 11.1. The zero-order chi connectivity index (χ0) is 26.1. The second-order valence-corrected chi connectivity index (χ2v) is 9.49. The van der Waals surface area contributed by atoms with Crippen LogP contribution in [0.5, 0.6) is 17.4 Å². The van der Waals surface area contributed by atoms with Crippen LogP contribution in [0.15, 0.2) is 42.5 Å². The van der Waals surface area contributed by atoms with Gasteiger partial charge in [0.2, 0.25) is 5.88 Å². The first-order chi connectivity index (χ1) is 17.2. The van der Waals surface area contributed by atoms with Gasteiger partial charge in [0.05, 0.1) is 24.2 Å². The molecule has 0 saturated heterocycles. The average Bonchev–Trinajstić information content (AvgIpc) is 3.21. The topological polar surface area (TPSA) is 82.8 Å². The van der Waals surface area contributed by atoms with Crippen LogP contribution in [0.2, 0.25) is 10.0 Å². The number of benzene rings is 2. The monoisotopic (exact) mass is 534 g/mol. The van der Waals surface area contributed by atoms with E-state index in [9.17, 15) is 4.79 Å². The quantitative estimate of drug-likeness (QED) is 0.234. The molecule has 0 unspecified atom stereocenters. The van der Waals surface area contributed by atoms with Gasteiger partial charge in [-0.3, -0.25) is 9.48 Å². The van der Waals surface area contributed by atoms with Gasteiger partial charge < -0.3 is 19.3 Å². The fourth-order valence-electron chi connectivity index (χ4n) is 3.71. The summed E-state index contributed by atoms with van der Waals surface area (Å²) in [5.41, 5.74) is 2.94. The molecule has 0 fully saturated rings. The van der Waals surface area contributed by atoms with E-state index in [1.54, 1.807) is 22.9 Å². The van der Waals surface area contributed by atoms with Crippen LogP contribution in [-0.4, -0.2) is 33.6 Å². The summed E-state index contributed by atoms with van der Waals surface area (Å²) in [7, 11) is 0. The Morgan fingerprint density at radius 1 is 1.06 bits per heavy atom. The van der Waals surface area contributed by atoms with Crippen molar-refractivity contribution in [3.63, 3.8) is 0 Å². The fourth-order valence-corrected chi connectivity index (χ4v) is 4.18. The van der Waals surface area contributed by atoms with Crippen molar-refractivity contribution in [2.75, 3.05) is 6.61 Å². The van der Waals surface area contributed by atoms with Gasteiger partial charge in [-0.2, -0.15) is 0 Å². The summed E-state index contributed by atoms with van der Waals surface area (Å²) >= 11 is 12.2. The molecule has 0 aliphatic rings. The molecule has 0 spiro atoms. The van der Waals surface area contributed by atoms with Crippen molar-refractivity contribution in [3.05, 3.63) is 69.3 Å².